The van der Waals surface area contributed by atoms with Crippen LogP contribution in [0.3, 0.4) is 0 Å². The SMILES string of the molecule is COc1ccc(NC(N)=NCc2cccc([N+](=O)[O-])c2)cc1Cl. The van der Waals surface area contributed by atoms with Crippen LogP contribution in [0.1, 0.15) is 5.56 Å². The Morgan fingerprint density at radius 2 is 2.17 bits per heavy atom. The number of nitro benzene ring substituents is 1. The Balaban J connectivity index is 2.04. The van der Waals surface area contributed by atoms with Crippen molar-refractivity contribution in [1.29, 1.82) is 0 Å². The first-order valence-electron chi connectivity index (χ1n) is 6.63. The number of nitrogens with zero attached hydrogens (tertiary/aromatic N) is 2. The molecule has 0 bridgehead atoms. The fourth-order valence-corrected chi connectivity index (χ4v) is 2.13. The van der Waals surface area contributed by atoms with Crippen molar-refractivity contribution >= 4 is 28.9 Å². The number of benzene rings is 2. The third-order valence-corrected chi connectivity index (χ3v) is 3.27. The Morgan fingerprint density at radius 1 is 1.39 bits per heavy atom. The number of anilines is 1. The van der Waals surface area contributed by atoms with Gasteiger partial charge < -0.3 is 15.8 Å². The van der Waals surface area contributed by atoms with Crippen LogP contribution < -0.4 is 15.8 Å². The van der Waals surface area contributed by atoms with E-state index in [-0.39, 0.29) is 18.2 Å². The number of non-ortho nitro benzene ring substituents is 1. The molecule has 2 aromatic carbocycles. The summed E-state index contributed by atoms with van der Waals surface area (Å²) in [6.45, 7) is 0.227. The van der Waals surface area contributed by atoms with E-state index >= 15 is 0 Å². The van der Waals surface area contributed by atoms with Crippen LogP contribution in [0.2, 0.25) is 5.02 Å². The molecular formula is C15H15ClN4O3. The average Bonchev–Trinajstić information content (AvgIpc) is 2.53. The van der Waals surface area contributed by atoms with Gasteiger partial charge in [0.15, 0.2) is 5.96 Å². The molecule has 3 N–H and O–H groups in total. The zero-order valence-electron chi connectivity index (χ0n) is 12.3. The number of hydrogen-bond donors (Lipinski definition) is 2. The standard InChI is InChI=1S/C15H15ClN4O3/c1-23-14-6-5-11(8-13(14)16)19-15(17)18-9-10-3-2-4-12(7-10)20(21)22/h2-8H,9H2,1H3,(H3,17,18,19). The molecular weight excluding hydrogens is 320 g/mol. The van der Waals surface area contributed by atoms with Crippen LogP contribution in [0.25, 0.3) is 0 Å². The molecule has 23 heavy (non-hydrogen) atoms. The highest BCUT2D eigenvalue weighted by Crippen LogP contribution is 2.27. The van der Waals surface area contributed by atoms with Gasteiger partial charge in [-0.25, -0.2) is 4.99 Å². The van der Waals surface area contributed by atoms with Gasteiger partial charge in [-0.2, -0.15) is 0 Å². The molecule has 0 aliphatic rings. The highest BCUT2D eigenvalue weighted by molar-refractivity contribution is 6.32. The quantitative estimate of drug-likeness (QED) is 0.378. The van der Waals surface area contributed by atoms with Gasteiger partial charge in [-0.1, -0.05) is 23.7 Å². The molecule has 2 rings (SSSR count). The van der Waals surface area contributed by atoms with E-state index in [1.165, 1.54) is 19.2 Å². The third kappa shape index (κ3) is 4.58. The van der Waals surface area contributed by atoms with Crippen molar-refractivity contribution in [1.82, 2.24) is 0 Å². The van der Waals surface area contributed by atoms with Gasteiger partial charge in [0.1, 0.15) is 5.75 Å². The monoisotopic (exact) mass is 334 g/mol. The van der Waals surface area contributed by atoms with E-state index in [0.29, 0.717) is 22.0 Å². The zero-order valence-corrected chi connectivity index (χ0v) is 13.1. The Morgan fingerprint density at radius 3 is 2.83 bits per heavy atom. The third-order valence-electron chi connectivity index (χ3n) is 2.98. The second-order valence-electron chi connectivity index (χ2n) is 4.60. The summed E-state index contributed by atoms with van der Waals surface area (Å²) >= 11 is 6.02. The summed E-state index contributed by atoms with van der Waals surface area (Å²) in [6, 6.07) is 11.4. The molecule has 0 amide bonds. The molecule has 0 heterocycles. The molecule has 0 atom stereocenters. The number of aliphatic imine (C=N–C) groups is 1. The number of hydrogen-bond acceptors (Lipinski definition) is 4. The summed E-state index contributed by atoms with van der Waals surface area (Å²) in [5.41, 5.74) is 7.18. The number of guanidine groups is 1. The molecule has 0 radical (unpaired) electrons. The first-order valence-corrected chi connectivity index (χ1v) is 7.01. The Labute approximate surface area is 137 Å². The van der Waals surface area contributed by atoms with Crippen LogP contribution in [0.4, 0.5) is 11.4 Å². The summed E-state index contributed by atoms with van der Waals surface area (Å²) in [5.74, 6) is 0.738. The van der Waals surface area contributed by atoms with E-state index < -0.39 is 4.92 Å². The van der Waals surface area contributed by atoms with Crippen molar-refractivity contribution in [3.8, 4) is 5.75 Å². The number of nitrogens with two attached hydrogens (primary N) is 1. The predicted octanol–water partition coefficient (Wildman–Crippen LogP) is 3.18. The van der Waals surface area contributed by atoms with Crippen LogP contribution in [-0.2, 0) is 6.54 Å². The first-order chi connectivity index (χ1) is 11.0. The predicted molar refractivity (Wildman–Crippen MR) is 90.0 cm³/mol. The van der Waals surface area contributed by atoms with E-state index in [4.69, 9.17) is 22.1 Å². The lowest BCUT2D eigenvalue weighted by atomic mass is 10.2. The first kappa shape index (κ1) is 16.6. The molecule has 0 unspecified atom stereocenters. The number of nitro groups is 1. The summed E-state index contributed by atoms with van der Waals surface area (Å²) in [7, 11) is 1.53. The molecule has 0 saturated heterocycles. The number of halogens is 1. The Hall–Kier alpha value is -2.80. The van der Waals surface area contributed by atoms with Crippen molar-refractivity contribution in [2.24, 2.45) is 10.7 Å². The highest BCUT2D eigenvalue weighted by atomic mass is 35.5. The van der Waals surface area contributed by atoms with Gasteiger partial charge in [-0.05, 0) is 23.8 Å². The average molecular weight is 335 g/mol. The maximum absolute atomic E-state index is 10.7. The molecule has 0 aliphatic carbocycles. The van der Waals surface area contributed by atoms with E-state index in [1.807, 2.05) is 0 Å². The summed E-state index contributed by atoms with van der Waals surface area (Å²) < 4.78 is 5.06. The molecule has 0 fully saturated rings. The summed E-state index contributed by atoms with van der Waals surface area (Å²) in [5, 5.41) is 14.1. The number of ether oxygens (including phenoxy) is 1. The van der Waals surface area contributed by atoms with Gasteiger partial charge in [0.05, 0.1) is 23.6 Å². The van der Waals surface area contributed by atoms with Crippen LogP contribution in [-0.4, -0.2) is 18.0 Å². The second-order valence-corrected chi connectivity index (χ2v) is 5.01. The normalized spacial score (nSPS) is 11.1. The van der Waals surface area contributed by atoms with Gasteiger partial charge in [0.25, 0.3) is 5.69 Å². The molecule has 0 aromatic heterocycles. The van der Waals surface area contributed by atoms with Crippen LogP contribution in [0.5, 0.6) is 5.75 Å². The maximum atomic E-state index is 10.7. The lowest BCUT2D eigenvalue weighted by Gasteiger charge is -2.08. The number of methoxy groups -OCH3 is 1. The number of rotatable bonds is 5. The molecule has 2 aromatic rings. The second kappa shape index (κ2) is 7.46. The molecule has 0 saturated carbocycles. The van der Waals surface area contributed by atoms with Gasteiger partial charge in [0.2, 0.25) is 0 Å². The van der Waals surface area contributed by atoms with Gasteiger partial charge in [-0.3, -0.25) is 10.1 Å². The molecule has 0 spiro atoms. The zero-order chi connectivity index (χ0) is 16.8. The topological polar surface area (TPSA) is 103 Å². The fourth-order valence-electron chi connectivity index (χ4n) is 1.88. The molecule has 120 valence electrons. The van der Waals surface area contributed by atoms with Crippen molar-refractivity contribution in [3.63, 3.8) is 0 Å². The largest absolute Gasteiger partial charge is 0.495 e. The fraction of sp³-hybridized carbons (Fsp3) is 0.133. The van der Waals surface area contributed by atoms with Crippen LogP contribution in [0, 0.1) is 10.1 Å². The lowest BCUT2D eigenvalue weighted by molar-refractivity contribution is -0.384. The summed E-state index contributed by atoms with van der Waals surface area (Å²) in [6.07, 6.45) is 0. The van der Waals surface area contributed by atoms with E-state index in [2.05, 4.69) is 10.3 Å². The van der Waals surface area contributed by atoms with Crippen LogP contribution in [0.15, 0.2) is 47.5 Å². The highest BCUT2D eigenvalue weighted by Gasteiger charge is 2.06. The van der Waals surface area contributed by atoms with Crippen molar-refractivity contribution < 1.29 is 9.66 Å². The maximum Gasteiger partial charge on any atom is 0.269 e. The Bertz CT molecular complexity index is 749. The summed E-state index contributed by atoms with van der Waals surface area (Å²) in [4.78, 5) is 14.4. The molecule has 0 aliphatic heterocycles. The van der Waals surface area contributed by atoms with E-state index in [1.54, 1.807) is 30.3 Å². The minimum Gasteiger partial charge on any atom is -0.495 e. The van der Waals surface area contributed by atoms with Crippen molar-refractivity contribution in [2.75, 3.05) is 12.4 Å². The van der Waals surface area contributed by atoms with E-state index in [0.717, 1.165) is 0 Å². The van der Waals surface area contributed by atoms with Gasteiger partial charge >= 0.3 is 0 Å². The smallest absolute Gasteiger partial charge is 0.269 e. The van der Waals surface area contributed by atoms with Crippen LogP contribution >= 0.6 is 11.6 Å². The molecule has 8 heteroatoms. The minimum absolute atomic E-state index is 0.0196. The lowest BCUT2D eigenvalue weighted by Crippen LogP contribution is -2.22. The minimum atomic E-state index is -0.450. The Kier molecular flexibility index (Phi) is 5.37. The van der Waals surface area contributed by atoms with Crippen molar-refractivity contribution in [3.05, 3.63) is 63.2 Å². The van der Waals surface area contributed by atoms with Crippen molar-refractivity contribution in [2.45, 2.75) is 6.54 Å². The molecule has 7 nitrogen and oxygen atoms in total. The van der Waals surface area contributed by atoms with E-state index in [9.17, 15) is 10.1 Å². The number of nitrogens with one attached hydrogen (secondary N) is 1. The van der Waals surface area contributed by atoms with Gasteiger partial charge in [-0.15, -0.1) is 0 Å². The van der Waals surface area contributed by atoms with Gasteiger partial charge in [0, 0.05) is 17.8 Å².